The molecule has 0 bridgehead atoms. The minimum Gasteiger partial charge on any atom is -0.298 e. The number of piperidine rings is 1. The predicted octanol–water partition coefficient (Wildman–Crippen LogP) is 3.49. The Balaban J connectivity index is 1.77. The summed E-state index contributed by atoms with van der Waals surface area (Å²) in [5.74, 6) is 2.40. The number of likely N-dealkylation sites (tertiary alicyclic amines) is 1. The lowest BCUT2D eigenvalue weighted by atomic mass is 9.85. The van der Waals surface area contributed by atoms with Crippen LogP contribution in [0.3, 0.4) is 0 Å². The van der Waals surface area contributed by atoms with E-state index in [1.807, 2.05) is 0 Å². The molecule has 0 radical (unpaired) electrons. The van der Waals surface area contributed by atoms with E-state index in [9.17, 15) is 4.79 Å². The summed E-state index contributed by atoms with van der Waals surface area (Å²) in [6, 6.07) is 0. The van der Waals surface area contributed by atoms with Crippen molar-refractivity contribution in [3.8, 4) is 0 Å². The third-order valence-electron chi connectivity index (χ3n) is 4.91. The number of Topliss-reactive ketones (excluding diaryl/α,β-unsaturated/α-hetero) is 1. The van der Waals surface area contributed by atoms with Crippen LogP contribution in [0.4, 0.5) is 0 Å². The molecule has 2 nitrogen and oxygen atoms in total. The molecular weight excluding hydrogens is 290 g/mol. The molecule has 2 rings (SSSR count). The van der Waals surface area contributed by atoms with Gasteiger partial charge in [0.1, 0.15) is 5.78 Å². The van der Waals surface area contributed by atoms with Gasteiger partial charge in [0.25, 0.3) is 0 Å². The molecule has 2 fully saturated rings. The van der Waals surface area contributed by atoms with Crippen LogP contribution in [0, 0.1) is 17.8 Å². The summed E-state index contributed by atoms with van der Waals surface area (Å²) in [7, 11) is 0. The zero-order valence-corrected chi connectivity index (χ0v) is 13.3. The zero-order valence-electron chi connectivity index (χ0n) is 11.7. The molecule has 0 spiro atoms. The van der Waals surface area contributed by atoms with Gasteiger partial charge in [0.05, 0.1) is 6.54 Å². The standard InChI is InChI=1S/C15H26BrNO/c1-11-7-8-17(9-12(11)2)10-15(18)13-3-5-14(16)6-4-13/h11-14H,3-10H2,1-2H3. The molecule has 1 saturated heterocycles. The molecule has 0 aromatic rings. The molecule has 1 heterocycles. The third-order valence-corrected chi connectivity index (χ3v) is 5.83. The number of halogens is 1. The maximum Gasteiger partial charge on any atom is 0.149 e. The Kier molecular flexibility index (Phi) is 5.25. The predicted molar refractivity (Wildman–Crippen MR) is 79.1 cm³/mol. The topological polar surface area (TPSA) is 20.3 Å². The van der Waals surface area contributed by atoms with E-state index in [0.29, 0.717) is 23.1 Å². The minimum absolute atomic E-state index is 0.341. The first-order chi connectivity index (χ1) is 8.56. The molecule has 1 aliphatic heterocycles. The van der Waals surface area contributed by atoms with E-state index < -0.39 is 0 Å². The maximum absolute atomic E-state index is 12.3. The number of hydrogen-bond donors (Lipinski definition) is 0. The van der Waals surface area contributed by atoms with Gasteiger partial charge in [-0.05, 0) is 50.5 Å². The van der Waals surface area contributed by atoms with E-state index in [1.165, 1.54) is 19.3 Å². The molecule has 3 heteroatoms. The van der Waals surface area contributed by atoms with E-state index in [0.717, 1.165) is 37.8 Å². The number of rotatable bonds is 3. The van der Waals surface area contributed by atoms with Crippen LogP contribution in [-0.4, -0.2) is 35.1 Å². The molecule has 2 unspecified atom stereocenters. The van der Waals surface area contributed by atoms with Crippen LogP contribution in [0.5, 0.6) is 0 Å². The zero-order chi connectivity index (χ0) is 13.1. The quantitative estimate of drug-likeness (QED) is 0.743. The number of carbonyl (C=O) groups excluding carboxylic acids is 1. The average molecular weight is 316 g/mol. The van der Waals surface area contributed by atoms with Crippen molar-refractivity contribution in [3.63, 3.8) is 0 Å². The number of hydrogen-bond acceptors (Lipinski definition) is 2. The summed E-state index contributed by atoms with van der Waals surface area (Å²) in [6.07, 6.45) is 5.78. The summed E-state index contributed by atoms with van der Waals surface area (Å²) in [5.41, 5.74) is 0. The van der Waals surface area contributed by atoms with Crippen LogP contribution >= 0.6 is 15.9 Å². The first kappa shape index (κ1) is 14.5. The van der Waals surface area contributed by atoms with Gasteiger partial charge in [-0.3, -0.25) is 9.69 Å². The highest BCUT2D eigenvalue weighted by Crippen LogP contribution is 2.30. The second-order valence-corrected chi connectivity index (χ2v) is 7.69. The van der Waals surface area contributed by atoms with Gasteiger partial charge < -0.3 is 0 Å². The molecule has 2 aliphatic rings. The molecule has 0 aromatic carbocycles. The third kappa shape index (κ3) is 3.80. The van der Waals surface area contributed by atoms with Crippen LogP contribution in [0.15, 0.2) is 0 Å². The van der Waals surface area contributed by atoms with E-state index in [-0.39, 0.29) is 0 Å². The van der Waals surface area contributed by atoms with Crippen LogP contribution in [0.1, 0.15) is 46.0 Å². The van der Waals surface area contributed by atoms with Crippen LogP contribution in [-0.2, 0) is 4.79 Å². The number of alkyl halides is 1. The van der Waals surface area contributed by atoms with Crippen molar-refractivity contribution in [2.45, 2.75) is 50.8 Å². The van der Waals surface area contributed by atoms with Crippen molar-refractivity contribution in [2.24, 2.45) is 17.8 Å². The molecule has 0 amide bonds. The Morgan fingerprint density at radius 2 is 1.78 bits per heavy atom. The molecule has 0 aromatic heterocycles. The van der Waals surface area contributed by atoms with E-state index >= 15 is 0 Å². The fourth-order valence-electron chi connectivity index (χ4n) is 3.22. The SMILES string of the molecule is CC1CCN(CC(=O)C2CCC(Br)CC2)CC1C. The van der Waals surface area contributed by atoms with Gasteiger partial charge in [0.15, 0.2) is 0 Å². The second-order valence-electron chi connectivity index (χ2n) is 6.39. The minimum atomic E-state index is 0.341. The Morgan fingerprint density at radius 1 is 1.11 bits per heavy atom. The summed E-state index contributed by atoms with van der Waals surface area (Å²) in [5, 5.41) is 0. The smallest absolute Gasteiger partial charge is 0.149 e. The fraction of sp³-hybridized carbons (Fsp3) is 0.933. The normalized spacial score (nSPS) is 38.6. The summed E-state index contributed by atoms with van der Waals surface area (Å²) in [4.78, 5) is 15.3. The van der Waals surface area contributed by atoms with E-state index in [1.54, 1.807) is 0 Å². The van der Waals surface area contributed by atoms with Gasteiger partial charge >= 0.3 is 0 Å². The average Bonchev–Trinajstić information content (AvgIpc) is 2.34. The first-order valence-corrected chi connectivity index (χ1v) is 8.37. The molecule has 1 saturated carbocycles. The van der Waals surface area contributed by atoms with Gasteiger partial charge in [0, 0.05) is 17.3 Å². The van der Waals surface area contributed by atoms with Crippen molar-refractivity contribution in [3.05, 3.63) is 0 Å². The summed E-state index contributed by atoms with van der Waals surface area (Å²) >= 11 is 3.66. The Morgan fingerprint density at radius 3 is 2.39 bits per heavy atom. The van der Waals surface area contributed by atoms with Crippen LogP contribution in [0.25, 0.3) is 0 Å². The number of nitrogens with zero attached hydrogens (tertiary/aromatic N) is 1. The highest BCUT2D eigenvalue weighted by atomic mass is 79.9. The number of ketones is 1. The lowest BCUT2D eigenvalue weighted by Gasteiger charge is -2.35. The molecular formula is C15H26BrNO. The maximum atomic E-state index is 12.3. The highest BCUT2D eigenvalue weighted by molar-refractivity contribution is 9.09. The Hall–Kier alpha value is 0.110. The first-order valence-electron chi connectivity index (χ1n) is 7.45. The van der Waals surface area contributed by atoms with Crippen molar-refractivity contribution < 1.29 is 4.79 Å². The summed E-state index contributed by atoms with van der Waals surface area (Å²) in [6.45, 7) is 7.58. The van der Waals surface area contributed by atoms with Crippen molar-refractivity contribution >= 4 is 21.7 Å². The van der Waals surface area contributed by atoms with E-state index in [4.69, 9.17) is 0 Å². The molecule has 1 aliphatic carbocycles. The van der Waals surface area contributed by atoms with Crippen molar-refractivity contribution in [2.75, 3.05) is 19.6 Å². The largest absolute Gasteiger partial charge is 0.298 e. The van der Waals surface area contributed by atoms with Gasteiger partial charge in [-0.15, -0.1) is 0 Å². The van der Waals surface area contributed by atoms with E-state index in [2.05, 4.69) is 34.7 Å². The van der Waals surface area contributed by atoms with Crippen molar-refractivity contribution in [1.82, 2.24) is 4.90 Å². The molecule has 2 atom stereocenters. The Bertz CT molecular complexity index is 286. The molecule has 18 heavy (non-hydrogen) atoms. The van der Waals surface area contributed by atoms with Gasteiger partial charge in [-0.1, -0.05) is 29.8 Å². The lowest BCUT2D eigenvalue weighted by molar-refractivity contribution is -0.125. The van der Waals surface area contributed by atoms with Crippen molar-refractivity contribution in [1.29, 1.82) is 0 Å². The van der Waals surface area contributed by atoms with Crippen LogP contribution in [0.2, 0.25) is 0 Å². The van der Waals surface area contributed by atoms with Gasteiger partial charge in [-0.25, -0.2) is 0 Å². The fourth-order valence-corrected chi connectivity index (χ4v) is 3.75. The molecule has 104 valence electrons. The van der Waals surface area contributed by atoms with Gasteiger partial charge in [-0.2, -0.15) is 0 Å². The van der Waals surface area contributed by atoms with Gasteiger partial charge in [0.2, 0.25) is 0 Å². The monoisotopic (exact) mass is 315 g/mol. The Labute approximate surface area is 120 Å². The number of carbonyl (C=O) groups is 1. The lowest BCUT2D eigenvalue weighted by Crippen LogP contribution is -2.42. The molecule has 0 N–H and O–H groups in total. The highest BCUT2D eigenvalue weighted by Gasteiger charge is 2.28. The summed E-state index contributed by atoms with van der Waals surface area (Å²) < 4.78 is 0. The van der Waals surface area contributed by atoms with Crippen LogP contribution < -0.4 is 0 Å². The second kappa shape index (κ2) is 6.51.